The highest BCUT2D eigenvalue weighted by Gasteiger charge is 2.33. The summed E-state index contributed by atoms with van der Waals surface area (Å²) in [6.07, 6.45) is 1.81. The SMILES string of the molecule is Cc1ccc(OCCN(C)C(=O)c2ccc3c(c2)CC(C)N3S(C)(=O)=O)cc1. The maximum absolute atomic E-state index is 12.7. The van der Waals surface area contributed by atoms with Gasteiger partial charge in [-0.05, 0) is 56.2 Å². The zero-order valence-corrected chi connectivity index (χ0v) is 17.5. The van der Waals surface area contributed by atoms with Gasteiger partial charge in [0.1, 0.15) is 12.4 Å². The summed E-state index contributed by atoms with van der Waals surface area (Å²) in [6, 6.07) is 12.9. The highest BCUT2D eigenvalue weighted by atomic mass is 32.2. The molecule has 2 aromatic carbocycles. The number of sulfonamides is 1. The molecule has 0 aliphatic carbocycles. The lowest BCUT2D eigenvalue weighted by Gasteiger charge is -2.22. The van der Waals surface area contributed by atoms with Gasteiger partial charge in [-0.3, -0.25) is 9.10 Å². The molecular weight excluding hydrogens is 376 g/mol. The number of rotatable bonds is 6. The molecule has 1 amide bonds. The van der Waals surface area contributed by atoms with Crippen LogP contribution in [0.3, 0.4) is 0 Å². The first kappa shape index (κ1) is 20.2. The van der Waals surface area contributed by atoms with Crippen molar-refractivity contribution in [2.45, 2.75) is 26.3 Å². The quantitative estimate of drug-likeness (QED) is 0.745. The van der Waals surface area contributed by atoms with Gasteiger partial charge in [-0.25, -0.2) is 8.42 Å². The van der Waals surface area contributed by atoms with Gasteiger partial charge in [0.2, 0.25) is 10.0 Å². The zero-order valence-electron chi connectivity index (χ0n) is 16.7. The van der Waals surface area contributed by atoms with Crippen LogP contribution in [-0.4, -0.2) is 51.7 Å². The summed E-state index contributed by atoms with van der Waals surface area (Å²) in [4.78, 5) is 14.3. The van der Waals surface area contributed by atoms with Crippen LogP contribution in [-0.2, 0) is 16.4 Å². The normalized spacial score (nSPS) is 16.0. The van der Waals surface area contributed by atoms with Crippen molar-refractivity contribution in [1.82, 2.24) is 4.90 Å². The molecule has 1 heterocycles. The number of benzene rings is 2. The highest BCUT2D eigenvalue weighted by Crippen LogP contribution is 2.34. The van der Waals surface area contributed by atoms with Gasteiger partial charge in [-0.15, -0.1) is 0 Å². The molecule has 1 aliphatic rings. The predicted octanol–water partition coefficient (Wildman–Crippen LogP) is 2.86. The minimum Gasteiger partial charge on any atom is -0.492 e. The van der Waals surface area contributed by atoms with E-state index in [1.807, 2.05) is 38.1 Å². The minimum atomic E-state index is -3.33. The van der Waals surface area contributed by atoms with Crippen molar-refractivity contribution in [2.24, 2.45) is 0 Å². The van der Waals surface area contributed by atoms with Gasteiger partial charge in [-0.2, -0.15) is 0 Å². The van der Waals surface area contributed by atoms with Crippen molar-refractivity contribution in [3.8, 4) is 5.75 Å². The minimum absolute atomic E-state index is 0.110. The highest BCUT2D eigenvalue weighted by molar-refractivity contribution is 7.92. The molecule has 1 atom stereocenters. The fourth-order valence-corrected chi connectivity index (χ4v) is 4.76. The molecule has 150 valence electrons. The van der Waals surface area contributed by atoms with Crippen LogP contribution in [0, 0.1) is 6.92 Å². The molecule has 0 radical (unpaired) electrons. The number of likely N-dealkylation sites (N-methyl/N-ethyl adjacent to an activating group) is 1. The van der Waals surface area contributed by atoms with Crippen LogP contribution in [0.25, 0.3) is 0 Å². The van der Waals surface area contributed by atoms with Crippen LogP contribution >= 0.6 is 0 Å². The molecule has 2 aromatic rings. The second-order valence-electron chi connectivity index (χ2n) is 7.34. The number of ether oxygens (including phenoxy) is 1. The number of hydrogen-bond acceptors (Lipinski definition) is 4. The Labute approximate surface area is 166 Å². The number of carbonyl (C=O) groups is 1. The van der Waals surface area contributed by atoms with Crippen molar-refractivity contribution in [1.29, 1.82) is 0 Å². The van der Waals surface area contributed by atoms with Crippen LogP contribution in [0.1, 0.15) is 28.4 Å². The van der Waals surface area contributed by atoms with Gasteiger partial charge in [0.15, 0.2) is 0 Å². The Bertz CT molecular complexity index is 970. The Morgan fingerprint density at radius 2 is 1.89 bits per heavy atom. The largest absolute Gasteiger partial charge is 0.492 e. The molecule has 7 heteroatoms. The molecule has 0 fully saturated rings. The van der Waals surface area contributed by atoms with E-state index in [0.717, 1.165) is 11.3 Å². The van der Waals surface area contributed by atoms with E-state index in [9.17, 15) is 13.2 Å². The van der Waals surface area contributed by atoms with E-state index in [1.54, 1.807) is 30.1 Å². The Kier molecular flexibility index (Phi) is 5.65. The third-order valence-electron chi connectivity index (χ3n) is 4.90. The maximum atomic E-state index is 12.7. The van der Waals surface area contributed by atoms with Crippen LogP contribution in [0.5, 0.6) is 5.75 Å². The number of aryl methyl sites for hydroxylation is 1. The number of nitrogens with zero attached hydrogens (tertiary/aromatic N) is 2. The molecule has 0 spiro atoms. The summed E-state index contributed by atoms with van der Waals surface area (Å²) >= 11 is 0. The lowest BCUT2D eigenvalue weighted by atomic mass is 10.1. The number of hydrogen-bond donors (Lipinski definition) is 0. The van der Waals surface area contributed by atoms with E-state index >= 15 is 0 Å². The Hall–Kier alpha value is -2.54. The first-order valence-electron chi connectivity index (χ1n) is 9.24. The fraction of sp³-hybridized carbons (Fsp3) is 0.381. The Balaban J connectivity index is 1.64. The van der Waals surface area contributed by atoms with Crippen LogP contribution < -0.4 is 9.04 Å². The predicted molar refractivity (Wildman–Crippen MR) is 111 cm³/mol. The van der Waals surface area contributed by atoms with Crippen LogP contribution in [0.2, 0.25) is 0 Å². The zero-order chi connectivity index (χ0) is 20.5. The van der Waals surface area contributed by atoms with Crippen molar-refractivity contribution in [2.75, 3.05) is 30.8 Å². The summed E-state index contributed by atoms with van der Waals surface area (Å²) in [6.45, 7) is 4.74. The topological polar surface area (TPSA) is 66.9 Å². The van der Waals surface area contributed by atoms with E-state index in [2.05, 4.69) is 0 Å². The van der Waals surface area contributed by atoms with Crippen molar-refractivity contribution < 1.29 is 17.9 Å². The van der Waals surface area contributed by atoms with Gasteiger partial charge in [0.25, 0.3) is 5.91 Å². The van der Waals surface area contributed by atoms with Gasteiger partial charge in [-0.1, -0.05) is 17.7 Å². The van der Waals surface area contributed by atoms with Gasteiger partial charge >= 0.3 is 0 Å². The molecule has 0 saturated carbocycles. The summed E-state index contributed by atoms with van der Waals surface area (Å²) in [5, 5.41) is 0. The molecule has 6 nitrogen and oxygen atoms in total. The number of fused-ring (bicyclic) bond motifs is 1. The molecule has 0 bridgehead atoms. The molecule has 1 aliphatic heterocycles. The average Bonchev–Trinajstić information content (AvgIpc) is 2.97. The monoisotopic (exact) mass is 402 g/mol. The second-order valence-corrected chi connectivity index (χ2v) is 9.20. The molecular formula is C21H26N2O4S. The van der Waals surface area contributed by atoms with Crippen molar-refractivity contribution in [3.05, 3.63) is 59.2 Å². The molecule has 0 N–H and O–H groups in total. The van der Waals surface area contributed by atoms with Crippen LogP contribution in [0.4, 0.5) is 5.69 Å². The fourth-order valence-electron chi connectivity index (χ4n) is 3.50. The van der Waals surface area contributed by atoms with E-state index < -0.39 is 10.0 Å². The summed E-state index contributed by atoms with van der Waals surface area (Å²) < 4.78 is 31.2. The lowest BCUT2D eigenvalue weighted by molar-refractivity contribution is 0.0773. The van der Waals surface area contributed by atoms with E-state index in [1.165, 1.54) is 16.1 Å². The molecule has 1 unspecified atom stereocenters. The Morgan fingerprint density at radius 1 is 1.21 bits per heavy atom. The van der Waals surface area contributed by atoms with Gasteiger partial charge in [0, 0.05) is 18.7 Å². The smallest absolute Gasteiger partial charge is 0.253 e. The van der Waals surface area contributed by atoms with Crippen molar-refractivity contribution in [3.63, 3.8) is 0 Å². The van der Waals surface area contributed by atoms with Crippen molar-refractivity contribution >= 4 is 21.6 Å². The summed E-state index contributed by atoms with van der Waals surface area (Å²) in [5.74, 6) is 0.666. The maximum Gasteiger partial charge on any atom is 0.253 e. The lowest BCUT2D eigenvalue weighted by Crippen LogP contribution is -2.34. The number of carbonyl (C=O) groups excluding carboxylic acids is 1. The summed E-state index contributed by atoms with van der Waals surface area (Å²) in [7, 11) is -1.60. The molecule has 0 aromatic heterocycles. The van der Waals surface area contributed by atoms with E-state index in [4.69, 9.17) is 4.74 Å². The summed E-state index contributed by atoms with van der Waals surface area (Å²) in [5.41, 5.74) is 3.27. The average molecular weight is 403 g/mol. The van der Waals surface area contributed by atoms with Gasteiger partial charge in [0.05, 0.1) is 18.5 Å². The second kappa shape index (κ2) is 7.83. The standard InChI is InChI=1S/C21H26N2O4S/c1-15-5-8-19(9-6-15)27-12-11-22(3)21(24)17-7-10-20-18(14-17)13-16(2)23(20)28(4,25)26/h5-10,14,16H,11-13H2,1-4H3. The van der Waals surface area contributed by atoms with Crippen LogP contribution in [0.15, 0.2) is 42.5 Å². The third kappa shape index (κ3) is 4.30. The van der Waals surface area contributed by atoms with E-state index in [0.29, 0.717) is 30.8 Å². The third-order valence-corrected chi connectivity index (χ3v) is 6.17. The molecule has 0 saturated heterocycles. The van der Waals surface area contributed by atoms with Gasteiger partial charge < -0.3 is 9.64 Å². The molecule has 3 rings (SSSR count). The molecule has 28 heavy (non-hydrogen) atoms. The first-order valence-corrected chi connectivity index (χ1v) is 11.1. The van der Waals surface area contributed by atoms with E-state index in [-0.39, 0.29) is 11.9 Å². The number of anilines is 1. The Morgan fingerprint density at radius 3 is 2.54 bits per heavy atom. The number of amides is 1. The first-order chi connectivity index (χ1) is 13.2.